The van der Waals surface area contributed by atoms with Gasteiger partial charge in [-0.1, -0.05) is 19.9 Å². The molecule has 3 aromatic rings. The van der Waals surface area contributed by atoms with Crippen molar-refractivity contribution in [2.75, 3.05) is 25.5 Å². The Morgan fingerprint density at radius 2 is 1.89 bits per heavy atom. The summed E-state index contributed by atoms with van der Waals surface area (Å²) in [4.78, 5) is 6.77. The maximum atomic E-state index is 10.2. The molecule has 0 fully saturated rings. The number of aromatic hydroxyl groups is 1. The quantitative estimate of drug-likeness (QED) is 0.587. The van der Waals surface area contributed by atoms with E-state index in [-0.39, 0.29) is 0 Å². The molecule has 1 aromatic heterocycles. The molecule has 0 aliphatic rings. The summed E-state index contributed by atoms with van der Waals surface area (Å²) < 4.78 is 5.46. The number of rotatable bonds is 7. The van der Waals surface area contributed by atoms with E-state index in [1.54, 1.807) is 19.4 Å². The van der Waals surface area contributed by atoms with Crippen molar-refractivity contribution in [2.24, 2.45) is 0 Å². The van der Waals surface area contributed by atoms with Gasteiger partial charge in [0.1, 0.15) is 17.0 Å². The number of nitrogens with one attached hydrogen (secondary N) is 1. The number of benzene rings is 2. The Morgan fingerprint density at radius 3 is 2.59 bits per heavy atom. The minimum atomic E-state index is 0.324. The Bertz CT molecular complexity index is 936. The minimum absolute atomic E-state index is 0.324. The van der Waals surface area contributed by atoms with Crippen LogP contribution in [-0.2, 0) is 6.54 Å². The van der Waals surface area contributed by atoms with Crippen molar-refractivity contribution < 1.29 is 9.84 Å². The van der Waals surface area contributed by atoms with Gasteiger partial charge in [-0.15, -0.1) is 0 Å². The van der Waals surface area contributed by atoms with Crippen molar-refractivity contribution in [3.63, 3.8) is 0 Å². The number of ether oxygens (including phenoxy) is 1. The third kappa shape index (κ3) is 3.98. The van der Waals surface area contributed by atoms with Crippen LogP contribution in [0.4, 0.5) is 11.4 Å². The molecule has 0 aliphatic carbocycles. The lowest BCUT2D eigenvalue weighted by atomic mass is 10.1. The second kappa shape index (κ2) is 8.27. The first kappa shape index (κ1) is 19.0. The van der Waals surface area contributed by atoms with Gasteiger partial charge in [0.05, 0.1) is 7.11 Å². The zero-order valence-electron chi connectivity index (χ0n) is 16.4. The summed E-state index contributed by atoms with van der Waals surface area (Å²) in [5.74, 6) is 1.08. The third-order valence-corrected chi connectivity index (χ3v) is 4.93. The van der Waals surface area contributed by atoms with E-state index in [2.05, 4.69) is 36.0 Å². The van der Waals surface area contributed by atoms with Crippen LogP contribution in [-0.4, -0.2) is 35.2 Å². The average molecular weight is 365 g/mol. The van der Waals surface area contributed by atoms with Gasteiger partial charge in [0.2, 0.25) is 0 Å². The summed E-state index contributed by atoms with van der Waals surface area (Å²) in [5, 5.41) is 14.8. The summed E-state index contributed by atoms with van der Waals surface area (Å²) in [7, 11) is 1.66. The SMILES string of the molecule is CCN(CC)Cc1cc(Nc2ccnc3c(OC)ccc(C)c23)ccc1O. The molecule has 0 amide bonds. The van der Waals surface area contributed by atoms with E-state index in [0.29, 0.717) is 5.75 Å². The van der Waals surface area contributed by atoms with Crippen molar-refractivity contribution in [1.82, 2.24) is 9.88 Å². The Kier molecular flexibility index (Phi) is 5.81. The van der Waals surface area contributed by atoms with Gasteiger partial charge in [-0.3, -0.25) is 9.88 Å². The number of aryl methyl sites for hydroxylation is 1. The zero-order valence-corrected chi connectivity index (χ0v) is 16.4. The molecular formula is C22H27N3O2. The van der Waals surface area contributed by atoms with Crippen molar-refractivity contribution in [3.8, 4) is 11.5 Å². The predicted molar refractivity (Wildman–Crippen MR) is 111 cm³/mol. The van der Waals surface area contributed by atoms with Gasteiger partial charge < -0.3 is 15.2 Å². The molecule has 3 rings (SSSR count). The lowest BCUT2D eigenvalue weighted by molar-refractivity contribution is 0.291. The number of fused-ring (bicyclic) bond motifs is 1. The highest BCUT2D eigenvalue weighted by Crippen LogP contribution is 2.34. The maximum Gasteiger partial charge on any atom is 0.145 e. The van der Waals surface area contributed by atoms with E-state index < -0.39 is 0 Å². The number of nitrogens with zero attached hydrogens (tertiary/aromatic N) is 2. The van der Waals surface area contributed by atoms with Crippen LogP contribution in [0, 0.1) is 6.92 Å². The third-order valence-electron chi connectivity index (χ3n) is 4.93. The molecule has 27 heavy (non-hydrogen) atoms. The Morgan fingerprint density at radius 1 is 1.11 bits per heavy atom. The number of anilines is 2. The molecule has 142 valence electrons. The molecular weight excluding hydrogens is 338 g/mol. The molecule has 0 bridgehead atoms. The molecule has 0 radical (unpaired) electrons. The molecule has 0 unspecified atom stereocenters. The minimum Gasteiger partial charge on any atom is -0.508 e. The van der Waals surface area contributed by atoms with Gasteiger partial charge in [-0.25, -0.2) is 0 Å². The summed E-state index contributed by atoms with van der Waals surface area (Å²) in [6.45, 7) is 8.93. The van der Waals surface area contributed by atoms with E-state index in [0.717, 1.165) is 58.8 Å². The van der Waals surface area contributed by atoms with E-state index in [9.17, 15) is 5.11 Å². The number of hydrogen-bond acceptors (Lipinski definition) is 5. The van der Waals surface area contributed by atoms with E-state index >= 15 is 0 Å². The smallest absolute Gasteiger partial charge is 0.145 e. The van der Waals surface area contributed by atoms with Gasteiger partial charge in [0.25, 0.3) is 0 Å². The number of hydrogen-bond donors (Lipinski definition) is 2. The zero-order chi connectivity index (χ0) is 19.4. The fourth-order valence-electron chi connectivity index (χ4n) is 3.31. The second-order valence-electron chi connectivity index (χ2n) is 6.60. The van der Waals surface area contributed by atoms with Crippen molar-refractivity contribution in [3.05, 3.63) is 53.7 Å². The van der Waals surface area contributed by atoms with Crippen molar-refractivity contribution >= 4 is 22.3 Å². The highest BCUT2D eigenvalue weighted by Gasteiger charge is 2.12. The number of methoxy groups -OCH3 is 1. The molecule has 2 N–H and O–H groups in total. The second-order valence-corrected chi connectivity index (χ2v) is 6.60. The van der Waals surface area contributed by atoms with Gasteiger partial charge in [-0.2, -0.15) is 0 Å². The van der Waals surface area contributed by atoms with Crippen LogP contribution in [0.15, 0.2) is 42.6 Å². The van der Waals surface area contributed by atoms with Crippen LogP contribution in [0.5, 0.6) is 11.5 Å². The Labute approximate surface area is 160 Å². The maximum absolute atomic E-state index is 10.2. The van der Waals surface area contributed by atoms with Crippen LogP contribution in [0.25, 0.3) is 10.9 Å². The molecule has 0 aliphatic heterocycles. The number of pyridine rings is 1. The van der Waals surface area contributed by atoms with Gasteiger partial charge >= 0.3 is 0 Å². The first-order valence-electron chi connectivity index (χ1n) is 9.30. The van der Waals surface area contributed by atoms with Crippen LogP contribution in [0.1, 0.15) is 25.0 Å². The van der Waals surface area contributed by atoms with E-state index in [1.807, 2.05) is 30.3 Å². The summed E-state index contributed by atoms with van der Waals surface area (Å²) >= 11 is 0. The first-order chi connectivity index (χ1) is 13.1. The first-order valence-corrected chi connectivity index (χ1v) is 9.30. The molecule has 5 nitrogen and oxygen atoms in total. The largest absolute Gasteiger partial charge is 0.508 e. The molecule has 0 atom stereocenters. The molecule has 5 heteroatoms. The molecule has 2 aromatic carbocycles. The monoisotopic (exact) mass is 365 g/mol. The normalized spacial score (nSPS) is 11.1. The average Bonchev–Trinajstić information content (AvgIpc) is 2.68. The van der Waals surface area contributed by atoms with Crippen molar-refractivity contribution in [2.45, 2.75) is 27.3 Å². The Balaban J connectivity index is 1.98. The summed E-state index contributed by atoms with van der Waals surface area (Å²) in [6, 6.07) is 11.6. The number of aromatic nitrogens is 1. The van der Waals surface area contributed by atoms with Gasteiger partial charge in [-0.05, 0) is 55.9 Å². The molecule has 0 spiro atoms. The summed E-state index contributed by atoms with van der Waals surface area (Å²) in [6.07, 6.45) is 1.78. The number of phenols is 1. The predicted octanol–water partition coefficient (Wildman–Crippen LogP) is 4.84. The van der Waals surface area contributed by atoms with Crippen LogP contribution in [0.2, 0.25) is 0 Å². The summed E-state index contributed by atoms with van der Waals surface area (Å²) in [5.41, 5.74) is 4.78. The van der Waals surface area contributed by atoms with Gasteiger partial charge in [0, 0.05) is 35.1 Å². The van der Waals surface area contributed by atoms with Crippen LogP contribution in [0.3, 0.4) is 0 Å². The topological polar surface area (TPSA) is 57.6 Å². The van der Waals surface area contributed by atoms with Crippen LogP contribution >= 0.6 is 0 Å². The van der Waals surface area contributed by atoms with Gasteiger partial charge in [0.15, 0.2) is 0 Å². The highest BCUT2D eigenvalue weighted by molar-refractivity contribution is 5.98. The molecule has 0 saturated heterocycles. The molecule has 0 saturated carbocycles. The van der Waals surface area contributed by atoms with E-state index in [4.69, 9.17) is 4.74 Å². The lowest BCUT2D eigenvalue weighted by Gasteiger charge is -2.20. The lowest BCUT2D eigenvalue weighted by Crippen LogP contribution is -2.22. The Hall–Kier alpha value is -2.79. The highest BCUT2D eigenvalue weighted by atomic mass is 16.5. The molecule has 1 heterocycles. The van der Waals surface area contributed by atoms with E-state index in [1.165, 1.54) is 0 Å². The fourth-order valence-corrected chi connectivity index (χ4v) is 3.31. The van der Waals surface area contributed by atoms with Crippen molar-refractivity contribution in [1.29, 1.82) is 0 Å². The number of phenolic OH excluding ortho intramolecular Hbond substituents is 1. The standard InChI is InChI=1S/C22H27N3O2/c1-5-25(6-2)14-16-13-17(8-9-19(16)26)24-18-11-12-23-22-20(27-4)10-7-15(3)21(18)22/h7-13,26H,5-6,14H2,1-4H3,(H,23,24). The van der Waals surface area contributed by atoms with Crippen LogP contribution < -0.4 is 10.1 Å². The fraction of sp³-hybridized carbons (Fsp3) is 0.318.